The summed E-state index contributed by atoms with van der Waals surface area (Å²) in [6, 6.07) is 22.7. The first-order chi connectivity index (χ1) is 13.6. The van der Waals surface area contributed by atoms with Crippen molar-refractivity contribution in [3.8, 4) is 0 Å². The van der Waals surface area contributed by atoms with Gasteiger partial charge in [-0.05, 0) is 56.0 Å². The predicted molar refractivity (Wildman–Crippen MR) is 137 cm³/mol. The van der Waals surface area contributed by atoms with Crippen LogP contribution in [0.5, 0.6) is 0 Å². The van der Waals surface area contributed by atoms with Crippen LogP contribution in [0.3, 0.4) is 0 Å². The van der Waals surface area contributed by atoms with Crippen LogP contribution < -0.4 is 0 Å². The van der Waals surface area contributed by atoms with Gasteiger partial charge in [0, 0.05) is 11.3 Å². The van der Waals surface area contributed by atoms with Crippen molar-refractivity contribution in [1.29, 1.82) is 0 Å². The molecule has 4 rings (SSSR count). The van der Waals surface area contributed by atoms with Gasteiger partial charge >= 0.3 is 0 Å². The van der Waals surface area contributed by atoms with Crippen LogP contribution in [0.4, 0.5) is 0 Å². The van der Waals surface area contributed by atoms with Crippen LogP contribution in [0.15, 0.2) is 71.8 Å². The molecule has 2 saturated heterocycles. The van der Waals surface area contributed by atoms with Gasteiger partial charge in [0.2, 0.25) is 0 Å². The van der Waals surface area contributed by atoms with E-state index in [0.29, 0.717) is 0 Å². The summed E-state index contributed by atoms with van der Waals surface area (Å²) < 4.78 is 0. The van der Waals surface area contributed by atoms with Crippen LogP contribution >= 0.6 is 34.9 Å². The molecule has 2 aliphatic heterocycles. The van der Waals surface area contributed by atoms with Crippen LogP contribution in [-0.2, 0) is 0 Å². The first kappa shape index (κ1) is 21.0. The fourth-order valence-electron chi connectivity index (χ4n) is 5.25. The fourth-order valence-corrected chi connectivity index (χ4v) is 16.8. The molecule has 148 valence electrons. The summed E-state index contributed by atoms with van der Waals surface area (Å²) in [4.78, 5) is -0.963. The third kappa shape index (κ3) is 4.14. The van der Waals surface area contributed by atoms with Crippen molar-refractivity contribution in [2.75, 3.05) is 6.16 Å². The summed E-state index contributed by atoms with van der Waals surface area (Å²) in [5.41, 5.74) is 5.54. The van der Waals surface area contributed by atoms with Crippen LogP contribution in [0, 0.1) is 0 Å². The van der Waals surface area contributed by atoms with Crippen molar-refractivity contribution in [2.45, 2.75) is 62.9 Å². The van der Waals surface area contributed by atoms with Gasteiger partial charge in [0.15, 0.2) is 22.0 Å². The van der Waals surface area contributed by atoms with E-state index in [2.05, 4.69) is 102 Å². The second kappa shape index (κ2) is 9.28. The molecule has 2 aromatic carbocycles. The summed E-state index contributed by atoms with van der Waals surface area (Å²) in [5.74, 6) is 2.83. The van der Waals surface area contributed by atoms with Crippen LogP contribution in [0.2, 0.25) is 0 Å². The van der Waals surface area contributed by atoms with E-state index in [1.807, 2.05) is 0 Å². The first-order valence-electron chi connectivity index (χ1n) is 10.8. The zero-order valence-electron chi connectivity index (χ0n) is 17.1. The van der Waals surface area contributed by atoms with Crippen LogP contribution in [0.1, 0.15) is 68.4 Å². The lowest BCUT2D eigenvalue weighted by molar-refractivity contribution is 0.755. The number of allylic oxidation sites excluding steroid dienone is 1. The molecule has 28 heavy (non-hydrogen) atoms. The van der Waals surface area contributed by atoms with Crippen molar-refractivity contribution in [3.63, 3.8) is 0 Å². The molecule has 0 spiro atoms. The highest BCUT2D eigenvalue weighted by Gasteiger charge is 2.50. The van der Waals surface area contributed by atoms with E-state index in [1.54, 1.807) is 16.4 Å². The third-order valence-corrected chi connectivity index (χ3v) is 20.4. The molecular weight excluding hydrogens is 489 g/mol. The van der Waals surface area contributed by atoms with Gasteiger partial charge in [-0.2, -0.15) is 0 Å². The highest BCUT2D eigenvalue weighted by atomic mass is 127. The van der Waals surface area contributed by atoms with Gasteiger partial charge in [-0.15, -0.1) is 0 Å². The molecule has 0 nitrogen and oxygen atoms in total. The van der Waals surface area contributed by atoms with Gasteiger partial charge in [0.1, 0.15) is 4.90 Å². The lowest BCUT2D eigenvalue weighted by atomic mass is 10.0. The highest BCUT2D eigenvalue weighted by Crippen LogP contribution is 2.83. The van der Waals surface area contributed by atoms with Gasteiger partial charge in [-0.25, -0.2) is 0 Å². The summed E-state index contributed by atoms with van der Waals surface area (Å²) in [6.45, 7) is 4.91. The van der Waals surface area contributed by atoms with Gasteiger partial charge in [-0.3, -0.25) is 0 Å². The van der Waals surface area contributed by atoms with Crippen molar-refractivity contribution in [3.05, 3.63) is 82.9 Å². The Bertz CT molecular complexity index is 756. The van der Waals surface area contributed by atoms with Crippen LogP contribution in [0.25, 0.3) is 0 Å². The normalized spacial score (nSPS) is 31.4. The molecule has 0 bridgehead atoms. The zero-order valence-corrected chi connectivity index (χ0v) is 21.0. The maximum Gasteiger partial charge on any atom is 0.160 e. The number of halogens is 1. The number of hydrogen-bond acceptors (Lipinski definition) is 0. The lowest BCUT2D eigenvalue weighted by Gasteiger charge is -2.27. The van der Waals surface area contributed by atoms with E-state index in [-0.39, 0.29) is 7.92 Å². The molecule has 1 unspecified atom stereocenters. The van der Waals surface area contributed by atoms with Crippen molar-refractivity contribution in [2.24, 2.45) is 0 Å². The standard InChI is InChI=1S/C25H32IP2/c1-3-23-15-10-18-28(23,26)20(2)19-27-24(21-11-6-4-7-12-21)16-17-25(27)22-13-8-5-9-14-22/h4-9,11-14,19,23-25H,3,10,15-18H2,1-2H3/q+1/b20-19-/t23-,24+,25+,28?/m1/s1. The molecule has 4 atom stereocenters. The van der Waals surface area contributed by atoms with Crippen LogP contribution in [-0.4, -0.2) is 11.8 Å². The van der Waals surface area contributed by atoms with E-state index < -0.39 is 4.90 Å². The monoisotopic (exact) mass is 521 g/mol. The van der Waals surface area contributed by atoms with Crippen molar-refractivity contribution < 1.29 is 0 Å². The number of hydrogen-bond donors (Lipinski definition) is 0. The maximum absolute atomic E-state index is 2.94. The average molecular weight is 521 g/mol. The van der Waals surface area contributed by atoms with E-state index in [0.717, 1.165) is 17.0 Å². The second-order valence-electron chi connectivity index (χ2n) is 8.35. The summed E-state index contributed by atoms with van der Waals surface area (Å²) >= 11 is 2.94. The quantitative estimate of drug-likeness (QED) is 0.272. The maximum atomic E-state index is 2.94. The lowest BCUT2D eigenvalue weighted by Crippen LogP contribution is -2.03. The third-order valence-electron chi connectivity index (χ3n) is 6.80. The molecule has 2 aromatic rings. The number of benzene rings is 2. The molecule has 0 radical (unpaired) electrons. The summed E-state index contributed by atoms with van der Waals surface area (Å²) in [6.07, 6.45) is 8.42. The second-order valence-corrected chi connectivity index (χ2v) is 19.3. The van der Waals surface area contributed by atoms with Crippen molar-refractivity contribution in [1.82, 2.24) is 0 Å². The van der Waals surface area contributed by atoms with Gasteiger partial charge in [0.05, 0.1) is 17.1 Å². The Balaban J connectivity index is 1.71. The Hall–Kier alpha value is -0.230. The largest absolute Gasteiger partial charge is 0.160 e. The SMILES string of the molecule is CC[C@@H]1CCC[P+]1(I)/C(C)=C\P1[C@H](c2ccccc2)CC[C@H]1c1ccccc1. The molecule has 0 aromatic heterocycles. The van der Waals surface area contributed by atoms with E-state index in [9.17, 15) is 0 Å². The topological polar surface area (TPSA) is 0 Å². The minimum Gasteiger partial charge on any atom is -0.0640 e. The first-order valence-corrected chi connectivity index (χ1v) is 17.1. The summed E-state index contributed by atoms with van der Waals surface area (Å²) in [7, 11) is -0.175. The predicted octanol–water partition coefficient (Wildman–Crippen LogP) is 9.55. The van der Waals surface area contributed by atoms with E-state index >= 15 is 0 Å². The highest BCUT2D eigenvalue weighted by molar-refractivity contribution is 14.2. The van der Waals surface area contributed by atoms with Gasteiger partial charge in [-0.1, -0.05) is 75.5 Å². The Labute approximate surface area is 186 Å². The fraction of sp³-hybridized carbons (Fsp3) is 0.440. The molecule has 0 amide bonds. The molecule has 0 N–H and O–H groups in total. The van der Waals surface area contributed by atoms with Crippen molar-refractivity contribution >= 4 is 34.9 Å². The summed E-state index contributed by atoms with van der Waals surface area (Å²) in [5, 5.41) is 1.78. The Kier molecular flexibility index (Phi) is 6.97. The Morgan fingerprint density at radius 3 is 2.00 bits per heavy atom. The Morgan fingerprint density at radius 1 is 0.964 bits per heavy atom. The minimum absolute atomic E-state index is 0.175. The molecule has 0 saturated carbocycles. The average Bonchev–Trinajstić information content (AvgIpc) is 3.33. The van der Waals surface area contributed by atoms with E-state index in [1.165, 1.54) is 38.3 Å². The smallest absolute Gasteiger partial charge is 0.0640 e. The van der Waals surface area contributed by atoms with Gasteiger partial charge in [0.25, 0.3) is 0 Å². The molecule has 2 fully saturated rings. The molecule has 2 heterocycles. The molecule has 0 aliphatic carbocycles. The minimum atomic E-state index is -0.963. The van der Waals surface area contributed by atoms with E-state index in [4.69, 9.17) is 0 Å². The van der Waals surface area contributed by atoms with Gasteiger partial charge < -0.3 is 0 Å². The molecule has 2 aliphatic rings. The Morgan fingerprint density at radius 2 is 1.50 bits per heavy atom. The zero-order chi connectivity index (χ0) is 19.6. The number of rotatable bonds is 5. The molecule has 3 heteroatoms. The molecular formula is C25H32IP2+.